The van der Waals surface area contributed by atoms with Crippen molar-refractivity contribution in [2.45, 2.75) is 19.8 Å². The Kier molecular flexibility index (Phi) is 5.03. The lowest BCUT2D eigenvalue weighted by molar-refractivity contribution is -0.0265. The number of aryl methyl sites for hydroxylation is 2. The molecule has 0 amide bonds. The Hall–Kier alpha value is -3.89. The lowest BCUT2D eigenvalue weighted by Crippen LogP contribution is -2.56. The van der Waals surface area contributed by atoms with E-state index in [0.717, 1.165) is 16.6 Å². The van der Waals surface area contributed by atoms with Crippen molar-refractivity contribution in [1.82, 2.24) is 29.7 Å². The minimum absolute atomic E-state index is 0.314. The van der Waals surface area contributed by atoms with E-state index in [1.807, 2.05) is 49.7 Å². The second kappa shape index (κ2) is 7.91. The van der Waals surface area contributed by atoms with Gasteiger partial charge in [-0.2, -0.15) is 0 Å². The van der Waals surface area contributed by atoms with Crippen LogP contribution in [-0.4, -0.2) is 55.3 Å². The molecule has 4 aromatic rings. The number of nitrogens with zero attached hydrogens (tertiary/aromatic N) is 7. The monoisotopic (exact) mass is 452 g/mol. The van der Waals surface area contributed by atoms with Crippen molar-refractivity contribution < 1.29 is 13.5 Å². The fourth-order valence-electron chi connectivity index (χ4n) is 3.80. The molecule has 0 aliphatic carbocycles. The van der Waals surface area contributed by atoms with Crippen LogP contribution >= 0.6 is 0 Å². The molecule has 3 aromatic heterocycles. The quantitative estimate of drug-likeness (QED) is 0.473. The second-order valence-electron chi connectivity index (χ2n) is 7.97. The molecule has 1 fully saturated rings. The maximum Gasteiger partial charge on any atom is 0.282 e. The minimum Gasteiger partial charge on any atom is -0.492 e. The van der Waals surface area contributed by atoms with Crippen LogP contribution in [0.15, 0.2) is 36.8 Å². The van der Waals surface area contributed by atoms with Crippen LogP contribution in [0.3, 0.4) is 0 Å². The molecule has 4 heterocycles. The van der Waals surface area contributed by atoms with E-state index in [4.69, 9.17) is 4.74 Å². The number of alkyl halides is 2. The summed E-state index contributed by atoms with van der Waals surface area (Å²) in [6.07, 6.45) is 3.29. The van der Waals surface area contributed by atoms with Crippen molar-refractivity contribution >= 4 is 28.4 Å². The average molecular weight is 452 g/mol. The molecular weight excluding hydrogens is 430 g/mol. The van der Waals surface area contributed by atoms with Crippen molar-refractivity contribution in [2.24, 2.45) is 7.05 Å². The fraction of sp³-hybridized carbons (Fsp3) is 0.318. The van der Waals surface area contributed by atoms with Gasteiger partial charge in [-0.25, -0.2) is 23.7 Å². The number of ether oxygens (including phenoxy) is 1. The number of rotatable bonds is 6. The number of fused-ring (bicyclic) bond motifs is 1. The number of hydrogen-bond acceptors (Lipinski definition) is 8. The molecule has 0 unspecified atom stereocenters. The molecule has 1 N–H and O–H groups in total. The zero-order chi connectivity index (χ0) is 23.2. The Labute approximate surface area is 188 Å². The van der Waals surface area contributed by atoms with Gasteiger partial charge in [0.25, 0.3) is 5.92 Å². The second-order valence-corrected chi connectivity index (χ2v) is 7.97. The summed E-state index contributed by atoms with van der Waals surface area (Å²) in [5, 5.41) is 12.0. The van der Waals surface area contributed by atoms with Crippen LogP contribution in [0, 0.1) is 6.92 Å². The van der Waals surface area contributed by atoms with Crippen LogP contribution in [-0.2, 0) is 7.05 Å². The fourth-order valence-corrected chi connectivity index (χ4v) is 3.80. The van der Waals surface area contributed by atoms with Crippen molar-refractivity contribution in [2.75, 3.05) is 29.9 Å². The van der Waals surface area contributed by atoms with Gasteiger partial charge < -0.3 is 19.5 Å². The van der Waals surface area contributed by atoms with Crippen LogP contribution in [0.4, 0.5) is 26.2 Å². The summed E-state index contributed by atoms with van der Waals surface area (Å²) in [6, 6.07) is 7.46. The molecule has 0 bridgehead atoms. The molecule has 1 aliphatic heterocycles. The molecule has 170 valence electrons. The molecule has 0 radical (unpaired) electrons. The number of hydrogen-bond donors (Lipinski definition) is 1. The van der Waals surface area contributed by atoms with E-state index < -0.39 is 5.92 Å². The van der Waals surface area contributed by atoms with E-state index in [1.54, 1.807) is 12.5 Å². The Morgan fingerprint density at radius 3 is 2.70 bits per heavy atom. The first-order valence-electron chi connectivity index (χ1n) is 10.5. The van der Waals surface area contributed by atoms with Gasteiger partial charge in [0.1, 0.15) is 17.6 Å². The molecular formula is C22H22F2N8O. The molecule has 5 rings (SSSR count). The molecule has 11 heteroatoms. The molecule has 9 nitrogen and oxygen atoms in total. The third-order valence-corrected chi connectivity index (χ3v) is 5.32. The summed E-state index contributed by atoms with van der Waals surface area (Å²) in [6.45, 7) is 3.44. The zero-order valence-electron chi connectivity index (χ0n) is 18.4. The summed E-state index contributed by atoms with van der Waals surface area (Å²) in [5.74, 6) is -0.644. The van der Waals surface area contributed by atoms with Crippen LogP contribution in [0.2, 0.25) is 0 Å². The third-order valence-electron chi connectivity index (χ3n) is 5.32. The van der Waals surface area contributed by atoms with Gasteiger partial charge in [0.2, 0.25) is 5.95 Å². The van der Waals surface area contributed by atoms with Gasteiger partial charge >= 0.3 is 0 Å². The summed E-state index contributed by atoms with van der Waals surface area (Å²) in [4.78, 5) is 15.0. The third kappa shape index (κ3) is 4.01. The molecule has 0 spiro atoms. The van der Waals surface area contributed by atoms with Gasteiger partial charge in [0, 0.05) is 29.9 Å². The smallest absolute Gasteiger partial charge is 0.282 e. The van der Waals surface area contributed by atoms with Crippen molar-refractivity contribution in [3.63, 3.8) is 0 Å². The predicted octanol–water partition coefficient (Wildman–Crippen LogP) is 3.73. The van der Waals surface area contributed by atoms with Gasteiger partial charge in [-0.1, -0.05) is 0 Å². The highest BCUT2D eigenvalue weighted by Crippen LogP contribution is 2.36. The molecule has 1 aromatic carbocycles. The van der Waals surface area contributed by atoms with Crippen molar-refractivity contribution in [3.8, 4) is 17.1 Å². The highest BCUT2D eigenvalue weighted by atomic mass is 19.3. The van der Waals surface area contributed by atoms with Crippen molar-refractivity contribution in [1.29, 1.82) is 0 Å². The zero-order valence-corrected chi connectivity index (χ0v) is 18.4. The molecule has 0 saturated carbocycles. The molecule has 1 aliphatic rings. The Morgan fingerprint density at radius 2 is 2.00 bits per heavy atom. The lowest BCUT2D eigenvalue weighted by atomic mass is 10.1. The van der Waals surface area contributed by atoms with E-state index in [1.165, 1.54) is 4.90 Å². The summed E-state index contributed by atoms with van der Waals surface area (Å²) in [7, 11) is 1.87. The highest BCUT2D eigenvalue weighted by Gasteiger charge is 2.45. The number of aromatic nitrogens is 6. The summed E-state index contributed by atoms with van der Waals surface area (Å²) >= 11 is 0. The van der Waals surface area contributed by atoms with Crippen LogP contribution in [0.1, 0.15) is 12.6 Å². The Balaban J connectivity index is 1.50. The van der Waals surface area contributed by atoms with Crippen LogP contribution in [0.25, 0.3) is 22.3 Å². The largest absolute Gasteiger partial charge is 0.492 e. The molecule has 1 saturated heterocycles. The van der Waals surface area contributed by atoms with Crippen LogP contribution in [0.5, 0.6) is 5.75 Å². The van der Waals surface area contributed by atoms with E-state index in [-0.39, 0.29) is 13.1 Å². The number of halogens is 2. The molecule has 33 heavy (non-hydrogen) atoms. The van der Waals surface area contributed by atoms with Gasteiger partial charge in [0.05, 0.1) is 25.4 Å². The van der Waals surface area contributed by atoms with Gasteiger partial charge in [-0.3, -0.25) is 0 Å². The first-order chi connectivity index (χ1) is 15.8. The van der Waals surface area contributed by atoms with E-state index in [2.05, 4.69) is 30.5 Å². The van der Waals surface area contributed by atoms with E-state index in [9.17, 15) is 8.78 Å². The minimum atomic E-state index is -2.71. The Bertz CT molecular complexity index is 1330. The van der Waals surface area contributed by atoms with Gasteiger partial charge in [-0.05, 0) is 38.1 Å². The normalized spacial score (nSPS) is 14.9. The topological polar surface area (TPSA) is 93.9 Å². The first-order valence-corrected chi connectivity index (χ1v) is 10.5. The van der Waals surface area contributed by atoms with Crippen molar-refractivity contribution in [3.05, 3.63) is 42.5 Å². The first kappa shape index (κ1) is 21.0. The van der Waals surface area contributed by atoms with Gasteiger partial charge in [0.15, 0.2) is 11.6 Å². The summed E-state index contributed by atoms with van der Waals surface area (Å²) in [5.41, 5.74) is 2.75. The maximum atomic E-state index is 13.5. The standard InChI is InChI=1S/C22H22F2N8O/c1-4-33-17-8-14(19-30-26-12-31(19)3)5-6-16(17)28-21-25-9-15-7-13(2)27-20(18(15)29-21)32-10-22(23,24)11-32/h5-9,12H,4,10-11H2,1-3H3,(H,25,28,29). The maximum absolute atomic E-state index is 13.5. The SMILES string of the molecule is CCOc1cc(-c2nncn2C)ccc1Nc1ncc2cc(C)nc(N3CC(F)(F)C3)c2n1. The number of nitrogens with one attached hydrogen (secondary N) is 1. The number of anilines is 3. The van der Waals surface area contributed by atoms with Crippen LogP contribution < -0.4 is 15.0 Å². The summed E-state index contributed by atoms with van der Waals surface area (Å²) < 4.78 is 34.6. The van der Waals surface area contributed by atoms with E-state index >= 15 is 0 Å². The Morgan fingerprint density at radius 1 is 1.18 bits per heavy atom. The highest BCUT2D eigenvalue weighted by molar-refractivity contribution is 5.90. The lowest BCUT2D eigenvalue weighted by Gasteiger charge is -2.39. The van der Waals surface area contributed by atoms with Gasteiger partial charge in [-0.15, -0.1) is 10.2 Å². The molecule has 0 atom stereocenters. The average Bonchev–Trinajstić information content (AvgIpc) is 3.19. The number of pyridine rings is 1. The number of benzene rings is 1. The predicted molar refractivity (Wildman–Crippen MR) is 120 cm³/mol. The van der Waals surface area contributed by atoms with E-state index in [0.29, 0.717) is 41.2 Å².